The molecule has 2 heterocycles. The molecule has 0 fully saturated rings. The van der Waals surface area contributed by atoms with Gasteiger partial charge >= 0.3 is 11.7 Å². The predicted molar refractivity (Wildman–Crippen MR) is 83.9 cm³/mol. The molecule has 1 N–H and O–H groups in total. The van der Waals surface area contributed by atoms with Gasteiger partial charge < -0.3 is 9.67 Å². The van der Waals surface area contributed by atoms with E-state index in [2.05, 4.69) is 4.98 Å². The topological polar surface area (TPSA) is 98.3 Å². The predicted octanol–water partition coefficient (Wildman–Crippen LogP) is 3.34. The fraction of sp³-hybridized carbons (Fsp3) is 0.0667. The number of carbonyl (C=O) groups is 1. The largest absolute Gasteiger partial charge is 0.477 e. The van der Waals surface area contributed by atoms with Crippen LogP contribution in [0, 0.1) is 10.1 Å². The number of rotatable bonds is 4. The van der Waals surface area contributed by atoms with Crippen molar-refractivity contribution in [1.29, 1.82) is 0 Å². The molecule has 1 aromatic carbocycles. The third-order valence-electron chi connectivity index (χ3n) is 3.36. The van der Waals surface area contributed by atoms with Crippen LogP contribution >= 0.6 is 11.6 Å². The van der Waals surface area contributed by atoms with Crippen molar-refractivity contribution in [2.75, 3.05) is 0 Å². The number of halogens is 1. The number of benzene rings is 1. The second-order valence-corrected chi connectivity index (χ2v) is 5.41. The van der Waals surface area contributed by atoms with Crippen molar-refractivity contribution in [1.82, 2.24) is 9.55 Å². The Kier molecular flexibility index (Phi) is 3.71. The molecule has 0 bridgehead atoms. The summed E-state index contributed by atoms with van der Waals surface area (Å²) < 4.78 is 1.47. The lowest BCUT2D eigenvalue weighted by Crippen LogP contribution is -1.99. The van der Waals surface area contributed by atoms with Crippen LogP contribution < -0.4 is 0 Å². The lowest BCUT2D eigenvalue weighted by atomic mass is 10.1. The molecule has 116 valence electrons. The van der Waals surface area contributed by atoms with Crippen molar-refractivity contribution in [3.63, 3.8) is 0 Å². The van der Waals surface area contributed by atoms with Crippen molar-refractivity contribution in [2.45, 2.75) is 6.54 Å². The summed E-state index contributed by atoms with van der Waals surface area (Å²) in [4.78, 5) is 25.5. The number of carboxylic acids is 1. The molecular weight excluding hydrogens is 322 g/mol. The molecule has 2 aromatic heterocycles. The summed E-state index contributed by atoms with van der Waals surface area (Å²) in [6, 6.07) is 7.28. The van der Waals surface area contributed by atoms with Crippen LogP contribution in [0.25, 0.3) is 10.9 Å². The van der Waals surface area contributed by atoms with Crippen LogP contribution in [0.5, 0.6) is 0 Å². The Morgan fingerprint density at radius 1 is 1.35 bits per heavy atom. The van der Waals surface area contributed by atoms with E-state index < -0.39 is 16.6 Å². The van der Waals surface area contributed by atoms with Gasteiger partial charge in [0, 0.05) is 24.3 Å². The Labute approximate surface area is 134 Å². The number of fused-ring (bicyclic) bond motifs is 1. The fourth-order valence-corrected chi connectivity index (χ4v) is 2.53. The van der Waals surface area contributed by atoms with Crippen LogP contribution in [0.2, 0.25) is 5.02 Å². The van der Waals surface area contributed by atoms with E-state index in [0.717, 1.165) is 16.5 Å². The van der Waals surface area contributed by atoms with E-state index in [1.54, 1.807) is 12.3 Å². The number of hydrogen-bond acceptors (Lipinski definition) is 4. The van der Waals surface area contributed by atoms with Gasteiger partial charge in [0.05, 0.1) is 21.7 Å². The minimum Gasteiger partial charge on any atom is -0.477 e. The van der Waals surface area contributed by atoms with Gasteiger partial charge in [-0.25, -0.2) is 4.79 Å². The first-order valence-corrected chi connectivity index (χ1v) is 6.93. The molecule has 0 aliphatic rings. The zero-order valence-electron chi connectivity index (χ0n) is 11.6. The lowest BCUT2D eigenvalue weighted by Gasteiger charge is -2.05. The number of nitrogens with zero attached hydrogens (tertiary/aromatic N) is 3. The summed E-state index contributed by atoms with van der Waals surface area (Å²) in [5, 5.41) is 21.3. The van der Waals surface area contributed by atoms with Gasteiger partial charge in [0.15, 0.2) is 5.56 Å². The van der Waals surface area contributed by atoms with Gasteiger partial charge in [0.25, 0.3) is 0 Å². The molecule has 3 aromatic rings. The van der Waals surface area contributed by atoms with E-state index in [4.69, 9.17) is 16.7 Å². The SMILES string of the molecule is O=C(O)c1cn(Cc2ccc3ncc(Cl)cc3c2)cc1[N+](=O)[O-]. The number of pyridine rings is 1. The number of nitro groups is 1. The second-order valence-electron chi connectivity index (χ2n) is 4.97. The van der Waals surface area contributed by atoms with Crippen LogP contribution in [0.4, 0.5) is 5.69 Å². The molecule has 8 heteroatoms. The third-order valence-corrected chi connectivity index (χ3v) is 3.57. The van der Waals surface area contributed by atoms with E-state index in [1.165, 1.54) is 17.0 Å². The molecule has 0 spiro atoms. The summed E-state index contributed by atoms with van der Waals surface area (Å²) in [6.45, 7) is 0.302. The highest BCUT2D eigenvalue weighted by Gasteiger charge is 2.22. The van der Waals surface area contributed by atoms with Crippen LogP contribution in [0.3, 0.4) is 0 Å². The highest BCUT2D eigenvalue weighted by atomic mass is 35.5. The maximum atomic E-state index is 11.1. The van der Waals surface area contributed by atoms with Crippen molar-refractivity contribution < 1.29 is 14.8 Å². The summed E-state index contributed by atoms with van der Waals surface area (Å²) in [6.07, 6.45) is 4.02. The molecule has 0 aliphatic heterocycles. The Bertz CT molecular complexity index is 904. The quantitative estimate of drug-likeness (QED) is 0.584. The van der Waals surface area contributed by atoms with Gasteiger partial charge in [0.2, 0.25) is 0 Å². The van der Waals surface area contributed by atoms with E-state index in [9.17, 15) is 14.9 Å². The van der Waals surface area contributed by atoms with Gasteiger partial charge in [-0.2, -0.15) is 0 Å². The Hall–Kier alpha value is -2.93. The summed E-state index contributed by atoms with van der Waals surface area (Å²) in [5.41, 5.74) is 0.870. The molecule has 7 nitrogen and oxygen atoms in total. The standard InChI is InChI=1S/C15H10ClN3O4/c16-11-4-10-3-9(1-2-13(10)17-5-11)6-18-7-12(15(20)21)14(8-18)19(22)23/h1-5,7-8H,6H2,(H,20,21). The summed E-state index contributed by atoms with van der Waals surface area (Å²) in [7, 11) is 0. The van der Waals surface area contributed by atoms with Gasteiger partial charge in [0.1, 0.15) is 0 Å². The molecule has 23 heavy (non-hydrogen) atoms. The third kappa shape index (κ3) is 3.00. The van der Waals surface area contributed by atoms with Crippen LogP contribution in [0.1, 0.15) is 15.9 Å². The number of aromatic carboxylic acids is 1. The first kappa shape index (κ1) is 15.0. The molecule has 0 atom stereocenters. The molecular formula is C15H10ClN3O4. The normalized spacial score (nSPS) is 10.8. The smallest absolute Gasteiger partial charge is 0.344 e. The Balaban J connectivity index is 1.97. The molecule has 0 amide bonds. The van der Waals surface area contributed by atoms with Gasteiger partial charge in [-0.3, -0.25) is 15.1 Å². The Morgan fingerprint density at radius 2 is 2.13 bits per heavy atom. The van der Waals surface area contributed by atoms with Crippen molar-refractivity contribution in [3.8, 4) is 0 Å². The molecule has 3 rings (SSSR count). The first-order chi connectivity index (χ1) is 10.9. The van der Waals surface area contributed by atoms with Gasteiger partial charge in [-0.15, -0.1) is 0 Å². The highest BCUT2D eigenvalue weighted by molar-refractivity contribution is 6.31. The lowest BCUT2D eigenvalue weighted by molar-refractivity contribution is -0.385. The maximum absolute atomic E-state index is 11.1. The van der Waals surface area contributed by atoms with E-state index in [-0.39, 0.29) is 5.56 Å². The monoisotopic (exact) mass is 331 g/mol. The maximum Gasteiger partial charge on any atom is 0.344 e. The number of carboxylic acid groups (broad SMARTS) is 1. The van der Waals surface area contributed by atoms with Crippen molar-refractivity contribution in [3.05, 3.63) is 69.1 Å². The number of hydrogen-bond donors (Lipinski definition) is 1. The van der Waals surface area contributed by atoms with Gasteiger partial charge in [-0.05, 0) is 23.8 Å². The van der Waals surface area contributed by atoms with Crippen LogP contribution in [-0.4, -0.2) is 25.6 Å². The minimum absolute atomic E-state index is 0.302. The highest BCUT2D eigenvalue weighted by Crippen LogP contribution is 2.22. The average molecular weight is 332 g/mol. The zero-order valence-corrected chi connectivity index (χ0v) is 12.4. The zero-order chi connectivity index (χ0) is 16.6. The molecule has 0 aliphatic carbocycles. The van der Waals surface area contributed by atoms with Gasteiger partial charge in [-0.1, -0.05) is 17.7 Å². The molecule has 0 saturated heterocycles. The molecule has 0 saturated carbocycles. The fourth-order valence-electron chi connectivity index (χ4n) is 2.36. The Morgan fingerprint density at radius 3 is 2.78 bits per heavy atom. The van der Waals surface area contributed by atoms with E-state index >= 15 is 0 Å². The van der Waals surface area contributed by atoms with Crippen LogP contribution in [0.15, 0.2) is 42.9 Å². The average Bonchev–Trinajstić information content (AvgIpc) is 2.91. The second kappa shape index (κ2) is 5.69. The summed E-state index contributed by atoms with van der Waals surface area (Å²) in [5.74, 6) is -1.33. The van der Waals surface area contributed by atoms with Crippen molar-refractivity contribution in [2.24, 2.45) is 0 Å². The van der Waals surface area contributed by atoms with Crippen molar-refractivity contribution >= 4 is 34.2 Å². The minimum atomic E-state index is -1.33. The first-order valence-electron chi connectivity index (χ1n) is 6.55. The molecule has 0 unspecified atom stereocenters. The number of aromatic nitrogens is 2. The van der Waals surface area contributed by atoms with E-state index in [0.29, 0.717) is 11.6 Å². The van der Waals surface area contributed by atoms with E-state index in [1.807, 2.05) is 18.2 Å². The summed E-state index contributed by atoms with van der Waals surface area (Å²) >= 11 is 5.92. The van der Waals surface area contributed by atoms with Crippen LogP contribution in [-0.2, 0) is 6.54 Å². The molecule has 0 radical (unpaired) electrons.